The third kappa shape index (κ3) is 4.74. The van der Waals surface area contributed by atoms with Crippen molar-refractivity contribution in [2.75, 3.05) is 24.7 Å². The maximum Gasteiger partial charge on any atom is 0.243 e. The molecular formula is C21H26N2O5S2. The maximum atomic E-state index is 12.9. The molecule has 7 nitrogen and oxygen atoms in total. The minimum Gasteiger partial charge on any atom is -0.326 e. The van der Waals surface area contributed by atoms with Gasteiger partial charge in [0.25, 0.3) is 0 Å². The van der Waals surface area contributed by atoms with Crippen molar-refractivity contribution in [2.24, 2.45) is 5.92 Å². The number of carbonyl (C=O) groups is 1. The fourth-order valence-electron chi connectivity index (χ4n) is 3.49. The molecular weight excluding hydrogens is 424 g/mol. The second-order valence-electron chi connectivity index (χ2n) is 7.66. The van der Waals surface area contributed by atoms with Crippen LogP contribution in [-0.4, -0.2) is 46.4 Å². The Bertz CT molecular complexity index is 1170. The summed E-state index contributed by atoms with van der Waals surface area (Å²) in [7, 11) is -7.34. The highest BCUT2D eigenvalue weighted by molar-refractivity contribution is 7.91. The van der Waals surface area contributed by atoms with E-state index in [1.165, 1.54) is 28.6 Å². The third-order valence-electron chi connectivity index (χ3n) is 5.56. The molecule has 2 aromatic carbocycles. The molecule has 0 aliphatic carbocycles. The van der Waals surface area contributed by atoms with Crippen LogP contribution in [0.25, 0.3) is 0 Å². The van der Waals surface area contributed by atoms with Crippen molar-refractivity contribution < 1.29 is 21.6 Å². The lowest BCUT2D eigenvalue weighted by Crippen LogP contribution is -2.41. The SMILES string of the molecule is Cc1cccc(NC(=O)C2CCN(S(=O)(=O)c3cccc(S(C)(=O)=O)c3)CC2)c1C. The largest absolute Gasteiger partial charge is 0.326 e. The van der Waals surface area contributed by atoms with Gasteiger partial charge in [0.2, 0.25) is 15.9 Å². The summed E-state index contributed by atoms with van der Waals surface area (Å²) in [5.41, 5.74) is 2.87. The van der Waals surface area contributed by atoms with Crippen LogP contribution in [0.15, 0.2) is 52.3 Å². The predicted octanol–water partition coefficient (Wildman–Crippen LogP) is 2.75. The Morgan fingerprint density at radius 1 is 0.967 bits per heavy atom. The summed E-state index contributed by atoms with van der Waals surface area (Å²) >= 11 is 0. The van der Waals surface area contributed by atoms with E-state index >= 15 is 0 Å². The molecule has 1 saturated heterocycles. The van der Waals surface area contributed by atoms with Gasteiger partial charge in [-0.1, -0.05) is 18.2 Å². The normalized spacial score (nSPS) is 16.4. The van der Waals surface area contributed by atoms with Crippen molar-refractivity contribution in [3.05, 3.63) is 53.6 Å². The monoisotopic (exact) mass is 450 g/mol. The van der Waals surface area contributed by atoms with Crippen LogP contribution < -0.4 is 5.32 Å². The highest BCUT2D eigenvalue weighted by atomic mass is 32.2. The van der Waals surface area contributed by atoms with Crippen molar-refractivity contribution in [1.29, 1.82) is 0 Å². The van der Waals surface area contributed by atoms with E-state index in [4.69, 9.17) is 0 Å². The number of aryl methyl sites for hydroxylation is 1. The van der Waals surface area contributed by atoms with Crippen LogP contribution in [0.4, 0.5) is 5.69 Å². The number of hydrogen-bond acceptors (Lipinski definition) is 5. The molecule has 1 heterocycles. The lowest BCUT2D eigenvalue weighted by atomic mass is 9.97. The number of benzene rings is 2. The highest BCUT2D eigenvalue weighted by Gasteiger charge is 2.32. The number of sulfonamides is 1. The standard InChI is InChI=1S/C21H26N2O5S2/c1-15-6-4-9-20(16(15)2)22-21(24)17-10-12-23(13-11-17)30(27,28)19-8-5-7-18(14-19)29(3,25)26/h4-9,14,17H,10-13H2,1-3H3,(H,22,24). The molecule has 3 rings (SSSR count). The highest BCUT2D eigenvalue weighted by Crippen LogP contribution is 2.27. The lowest BCUT2D eigenvalue weighted by molar-refractivity contribution is -0.120. The first-order chi connectivity index (χ1) is 14.0. The van der Waals surface area contributed by atoms with Gasteiger partial charge in [-0.3, -0.25) is 4.79 Å². The van der Waals surface area contributed by atoms with Gasteiger partial charge in [-0.2, -0.15) is 4.31 Å². The van der Waals surface area contributed by atoms with Gasteiger partial charge < -0.3 is 5.32 Å². The van der Waals surface area contributed by atoms with E-state index < -0.39 is 19.9 Å². The topological polar surface area (TPSA) is 101 Å². The predicted molar refractivity (Wildman–Crippen MR) is 116 cm³/mol. The Morgan fingerprint density at radius 3 is 2.20 bits per heavy atom. The van der Waals surface area contributed by atoms with Gasteiger partial charge in [-0.25, -0.2) is 16.8 Å². The van der Waals surface area contributed by atoms with Crippen LogP contribution in [0.5, 0.6) is 0 Å². The van der Waals surface area contributed by atoms with Crippen molar-refractivity contribution >= 4 is 31.5 Å². The second kappa shape index (κ2) is 8.49. The molecule has 0 radical (unpaired) electrons. The van der Waals surface area contributed by atoms with Crippen molar-refractivity contribution in [3.63, 3.8) is 0 Å². The number of nitrogens with zero attached hydrogens (tertiary/aromatic N) is 1. The smallest absolute Gasteiger partial charge is 0.243 e. The number of amides is 1. The Balaban J connectivity index is 1.69. The molecule has 0 spiro atoms. The van der Waals surface area contributed by atoms with Crippen LogP contribution in [0, 0.1) is 19.8 Å². The van der Waals surface area contributed by atoms with Gasteiger partial charge in [0.05, 0.1) is 9.79 Å². The number of piperidine rings is 1. The molecule has 30 heavy (non-hydrogen) atoms. The molecule has 1 aliphatic rings. The number of nitrogens with one attached hydrogen (secondary N) is 1. The van der Waals surface area contributed by atoms with Gasteiger partial charge in [-0.05, 0) is 62.1 Å². The number of carbonyl (C=O) groups excluding carboxylic acids is 1. The Morgan fingerprint density at radius 2 is 1.57 bits per heavy atom. The van der Waals surface area contributed by atoms with Crippen LogP contribution in [0.2, 0.25) is 0 Å². The first kappa shape index (κ1) is 22.5. The van der Waals surface area contributed by atoms with Gasteiger partial charge in [-0.15, -0.1) is 0 Å². The van der Waals surface area contributed by atoms with Gasteiger partial charge in [0, 0.05) is 31.0 Å². The summed E-state index contributed by atoms with van der Waals surface area (Å²) in [6.07, 6.45) is 1.85. The molecule has 2 aromatic rings. The van der Waals surface area contributed by atoms with Crippen LogP contribution >= 0.6 is 0 Å². The molecule has 1 fully saturated rings. The molecule has 1 amide bonds. The molecule has 0 bridgehead atoms. The van der Waals surface area contributed by atoms with Gasteiger partial charge >= 0.3 is 0 Å². The summed E-state index contributed by atoms with van der Waals surface area (Å²) in [6, 6.07) is 11.1. The maximum absolute atomic E-state index is 12.9. The second-order valence-corrected chi connectivity index (χ2v) is 11.6. The lowest BCUT2D eigenvalue weighted by Gasteiger charge is -2.30. The summed E-state index contributed by atoms with van der Waals surface area (Å²) in [6.45, 7) is 4.34. The fraction of sp³-hybridized carbons (Fsp3) is 0.381. The number of sulfone groups is 1. The zero-order valence-corrected chi connectivity index (χ0v) is 18.9. The summed E-state index contributed by atoms with van der Waals surface area (Å²) < 4.78 is 50.7. The molecule has 0 saturated carbocycles. The average molecular weight is 451 g/mol. The number of anilines is 1. The van der Waals surface area contributed by atoms with Crippen LogP contribution in [0.1, 0.15) is 24.0 Å². The van der Waals surface area contributed by atoms with E-state index in [9.17, 15) is 21.6 Å². The van der Waals surface area contributed by atoms with Crippen molar-refractivity contribution in [2.45, 2.75) is 36.5 Å². The van der Waals surface area contributed by atoms with Crippen molar-refractivity contribution in [1.82, 2.24) is 4.31 Å². The fourth-order valence-corrected chi connectivity index (χ4v) is 5.75. The molecule has 1 aliphatic heterocycles. The van der Waals surface area contributed by atoms with E-state index in [0.717, 1.165) is 23.1 Å². The molecule has 0 unspecified atom stereocenters. The zero-order valence-electron chi connectivity index (χ0n) is 17.3. The summed E-state index contributed by atoms with van der Waals surface area (Å²) in [5.74, 6) is -0.390. The van der Waals surface area contributed by atoms with Crippen molar-refractivity contribution in [3.8, 4) is 0 Å². The minimum atomic E-state index is -3.83. The third-order valence-corrected chi connectivity index (χ3v) is 8.56. The zero-order chi connectivity index (χ0) is 22.1. The molecule has 0 atom stereocenters. The Hall–Kier alpha value is -2.23. The van der Waals surface area contributed by atoms with E-state index in [0.29, 0.717) is 12.8 Å². The summed E-state index contributed by atoms with van der Waals surface area (Å²) in [4.78, 5) is 12.6. The van der Waals surface area contributed by atoms with Crippen LogP contribution in [0.3, 0.4) is 0 Å². The first-order valence-corrected chi connectivity index (χ1v) is 13.0. The van der Waals surface area contributed by atoms with Crippen LogP contribution in [-0.2, 0) is 24.7 Å². The first-order valence-electron chi connectivity index (χ1n) is 9.67. The molecule has 0 aromatic heterocycles. The summed E-state index contributed by atoms with van der Waals surface area (Å²) in [5, 5.41) is 2.96. The van der Waals surface area contributed by atoms with E-state index in [2.05, 4.69) is 5.32 Å². The minimum absolute atomic E-state index is 0.0358. The number of hydrogen-bond donors (Lipinski definition) is 1. The Kier molecular flexibility index (Phi) is 6.35. The average Bonchev–Trinajstić information content (AvgIpc) is 2.71. The van der Waals surface area contributed by atoms with Gasteiger partial charge in [0.15, 0.2) is 9.84 Å². The molecule has 9 heteroatoms. The number of rotatable bonds is 5. The van der Waals surface area contributed by atoms with E-state index in [-0.39, 0.29) is 34.7 Å². The molecule has 1 N–H and O–H groups in total. The Labute approximate surface area is 178 Å². The quantitative estimate of drug-likeness (QED) is 0.755. The van der Waals surface area contributed by atoms with E-state index in [1.807, 2.05) is 32.0 Å². The van der Waals surface area contributed by atoms with E-state index in [1.54, 1.807) is 0 Å². The van der Waals surface area contributed by atoms with Gasteiger partial charge in [0.1, 0.15) is 0 Å². The molecule has 162 valence electrons.